The Labute approximate surface area is 146 Å². The van der Waals surface area contributed by atoms with Gasteiger partial charge in [0.2, 0.25) is 0 Å². The minimum absolute atomic E-state index is 0.102. The van der Waals surface area contributed by atoms with E-state index in [-0.39, 0.29) is 11.6 Å². The minimum atomic E-state index is -0.506. The third-order valence-corrected chi connectivity index (χ3v) is 3.93. The van der Waals surface area contributed by atoms with Crippen molar-refractivity contribution in [3.8, 4) is 0 Å². The normalized spacial score (nSPS) is 10.2. The number of rotatable bonds is 6. The molecule has 0 bridgehead atoms. The third kappa shape index (κ3) is 4.67. The summed E-state index contributed by atoms with van der Waals surface area (Å²) < 4.78 is 0.707. The number of carbonyl (C=O) groups is 1. The molecule has 0 saturated carbocycles. The summed E-state index contributed by atoms with van der Waals surface area (Å²) in [4.78, 5) is 22.5. The molecule has 0 aliphatic carbocycles. The summed E-state index contributed by atoms with van der Waals surface area (Å²) in [5.74, 6) is -0.218. The first-order valence-electron chi connectivity index (χ1n) is 6.69. The Balaban J connectivity index is 1.90. The molecule has 2 aromatic rings. The predicted octanol–water partition coefficient (Wildman–Crippen LogP) is 3.85. The van der Waals surface area contributed by atoms with Crippen LogP contribution in [0.2, 0.25) is 5.02 Å². The Morgan fingerprint density at radius 1 is 1.22 bits per heavy atom. The highest BCUT2D eigenvalue weighted by Crippen LogP contribution is 2.27. The van der Waals surface area contributed by atoms with Crippen LogP contribution in [-0.4, -0.2) is 23.9 Å². The zero-order valence-electron chi connectivity index (χ0n) is 11.9. The lowest BCUT2D eigenvalue weighted by atomic mass is 10.2. The topological polar surface area (TPSA) is 84.3 Å². The van der Waals surface area contributed by atoms with Gasteiger partial charge in [-0.05, 0) is 40.2 Å². The van der Waals surface area contributed by atoms with Gasteiger partial charge in [0.25, 0.3) is 11.6 Å². The zero-order valence-corrected chi connectivity index (χ0v) is 14.2. The second-order valence-electron chi connectivity index (χ2n) is 4.58. The first-order chi connectivity index (χ1) is 11.0. The Hall–Kier alpha value is -2.12. The summed E-state index contributed by atoms with van der Waals surface area (Å²) in [6, 6.07) is 11.5. The van der Waals surface area contributed by atoms with Gasteiger partial charge >= 0.3 is 0 Å². The third-order valence-electron chi connectivity index (χ3n) is 3.00. The SMILES string of the molecule is O=C(NCCNc1ccc(Cl)cc1[N+](=O)[O-])c1ccccc1Br. The first kappa shape index (κ1) is 17.2. The van der Waals surface area contributed by atoms with Crippen molar-refractivity contribution in [1.82, 2.24) is 5.32 Å². The summed E-state index contributed by atoms with van der Waals surface area (Å²) in [5, 5.41) is 16.9. The van der Waals surface area contributed by atoms with Crippen molar-refractivity contribution in [1.29, 1.82) is 0 Å². The smallest absolute Gasteiger partial charge is 0.293 e. The van der Waals surface area contributed by atoms with E-state index in [1.807, 2.05) is 6.07 Å². The number of nitro benzene ring substituents is 1. The monoisotopic (exact) mass is 397 g/mol. The molecule has 2 N–H and O–H groups in total. The number of nitrogens with one attached hydrogen (secondary N) is 2. The first-order valence-corrected chi connectivity index (χ1v) is 7.86. The van der Waals surface area contributed by atoms with Crippen LogP contribution in [0.4, 0.5) is 11.4 Å². The highest BCUT2D eigenvalue weighted by atomic mass is 79.9. The van der Waals surface area contributed by atoms with Crippen LogP contribution in [0.5, 0.6) is 0 Å². The Bertz CT molecular complexity index is 740. The van der Waals surface area contributed by atoms with Crippen molar-refractivity contribution in [2.75, 3.05) is 18.4 Å². The lowest BCUT2D eigenvalue weighted by molar-refractivity contribution is -0.383. The fourth-order valence-electron chi connectivity index (χ4n) is 1.92. The molecule has 0 unspecified atom stereocenters. The van der Waals surface area contributed by atoms with E-state index in [4.69, 9.17) is 11.6 Å². The summed E-state index contributed by atoms with van der Waals surface area (Å²) in [6.45, 7) is 0.665. The summed E-state index contributed by atoms with van der Waals surface area (Å²) in [5.41, 5.74) is 0.786. The van der Waals surface area contributed by atoms with Crippen LogP contribution in [-0.2, 0) is 0 Å². The largest absolute Gasteiger partial charge is 0.378 e. The van der Waals surface area contributed by atoms with E-state index in [2.05, 4.69) is 26.6 Å². The molecule has 23 heavy (non-hydrogen) atoms. The van der Waals surface area contributed by atoms with E-state index in [0.29, 0.717) is 33.8 Å². The molecule has 0 aliphatic rings. The number of nitro groups is 1. The van der Waals surface area contributed by atoms with Gasteiger partial charge in [0.1, 0.15) is 5.69 Å². The van der Waals surface area contributed by atoms with Crippen LogP contribution in [0.1, 0.15) is 10.4 Å². The molecule has 0 aliphatic heterocycles. The number of nitrogens with zero attached hydrogens (tertiary/aromatic N) is 1. The summed E-state index contributed by atoms with van der Waals surface area (Å²) >= 11 is 9.06. The van der Waals surface area contributed by atoms with Crippen molar-refractivity contribution in [3.05, 3.63) is 67.6 Å². The molecule has 0 saturated heterocycles. The van der Waals surface area contributed by atoms with E-state index in [1.165, 1.54) is 12.1 Å². The lowest BCUT2D eigenvalue weighted by Gasteiger charge is -2.09. The molecule has 2 aromatic carbocycles. The molecule has 6 nitrogen and oxygen atoms in total. The number of carbonyl (C=O) groups excluding carboxylic acids is 1. The minimum Gasteiger partial charge on any atom is -0.378 e. The quantitative estimate of drug-likeness (QED) is 0.440. The van der Waals surface area contributed by atoms with Gasteiger partial charge in [-0.15, -0.1) is 0 Å². The fraction of sp³-hybridized carbons (Fsp3) is 0.133. The fourth-order valence-corrected chi connectivity index (χ4v) is 2.55. The summed E-state index contributed by atoms with van der Waals surface area (Å²) in [6.07, 6.45) is 0. The molecule has 0 radical (unpaired) electrons. The Morgan fingerprint density at radius 3 is 2.65 bits per heavy atom. The predicted molar refractivity (Wildman–Crippen MR) is 93.1 cm³/mol. The molecule has 8 heteroatoms. The van der Waals surface area contributed by atoms with Crippen molar-refractivity contribution in [2.24, 2.45) is 0 Å². The van der Waals surface area contributed by atoms with Gasteiger partial charge in [0, 0.05) is 28.7 Å². The van der Waals surface area contributed by atoms with Gasteiger partial charge in [0.05, 0.1) is 10.5 Å². The van der Waals surface area contributed by atoms with Gasteiger partial charge in [-0.2, -0.15) is 0 Å². The van der Waals surface area contributed by atoms with E-state index >= 15 is 0 Å². The van der Waals surface area contributed by atoms with Crippen LogP contribution < -0.4 is 10.6 Å². The number of benzene rings is 2. The second kappa shape index (κ2) is 7.94. The Kier molecular flexibility index (Phi) is 5.95. The summed E-state index contributed by atoms with van der Waals surface area (Å²) in [7, 11) is 0. The zero-order chi connectivity index (χ0) is 16.8. The average Bonchev–Trinajstić information content (AvgIpc) is 2.52. The highest BCUT2D eigenvalue weighted by molar-refractivity contribution is 9.10. The van der Waals surface area contributed by atoms with Gasteiger partial charge in [-0.25, -0.2) is 0 Å². The van der Waals surface area contributed by atoms with Crippen LogP contribution >= 0.6 is 27.5 Å². The van der Waals surface area contributed by atoms with E-state index < -0.39 is 4.92 Å². The van der Waals surface area contributed by atoms with E-state index in [9.17, 15) is 14.9 Å². The molecular formula is C15H13BrClN3O3. The van der Waals surface area contributed by atoms with Crippen LogP contribution in [0.25, 0.3) is 0 Å². The molecule has 120 valence electrons. The average molecular weight is 399 g/mol. The van der Waals surface area contributed by atoms with Gasteiger partial charge in [-0.1, -0.05) is 23.7 Å². The molecule has 0 atom stereocenters. The maximum absolute atomic E-state index is 12.0. The lowest BCUT2D eigenvalue weighted by Crippen LogP contribution is -2.29. The standard InChI is InChI=1S/C15H13BrClN3O3/c16-12-4-2-1-3-11(12)15(21)19-8-7-18-13-6-5-10(17)9-14(13)20(22)23/h1-6,9,18H,7-8H2,(H,19,21). The molecule has 0 fully saturated rings. The maximum Gasteiger partial charge on any atom is 0.293 e. The van der Waals surface area contributed by atoms with Crippen molar-refractivity contribution < 1.29 is 9.72 Å². The second-order valence-corrected chi connectivity index (χ2v) is 5.87. The molecular weight excluding hydrogens is 386 g/mol. The Morgan fingerprint density at radius 2 is 1.96 bits per heavy atom. The van der Waals surface area contributed by atoms with Gasteiger partial charge in [-0.3, -0.25) is 14.9 Å². The van der Waals surface area contributed by atoms with E-state index in [1.54, 1.807) is 24.3 Å². The van der Waals surface area contributed by atoms with Gasteiger partial charge in [0.15, 0.2) is 0 Å². The molecule has 0 aromatic heterocycles. The van der Waals surface area contributed by atoms with Crippen molar-refractivity contribution in [3.63, 3.8) is 0 Å². The number of halogens is 2. The van der Waals surface area contributed by atoms with Crippen molar-refractivity contribution in [2.45, 2.75) is 0 Å². The van der Waals surface area contributed by atoms with Crippen LogP contribution in [0.15, 0.2) is 46.9 Å². The molecule has 0 heterocycles. The van der Waals surface area contributed by atoms with Crippen LogP contribution in [0.3, 0.4) is 0 Å². The number of anilines is 1. The number of amides is 1. The molecule has 1 amide bonds. The van der Waals surface area contributed by atoms with E-state index in [0.717, 1.165) is 0 Å². The van der Waals surface area contributed by atoms with Gasteiger partial charge < -0.3 is 10.6 Å². The number of hydrogen-bond acceptors (Lipinski definition) is 4. The van der Waals surface area contributed by atoms with Crippen molar-refractivity contribution >= 4 is 44.8 Å². The molecule has 0 spiro atoms. The number of hydrogen-bond donors (Lipinski definition) is 2. The highest BCUT2D eigenvalue weighted by Gasteiger charge is 2.14. The molecule has 2 rings (SSSR count). The maximum atomic E-state index is 12.0. The van der Waals surface area contributed by atoms with Crippen LogP contribution in [0, 0.1) is 10.1 Å².